The SMILES string of the molecule is CN1C(=O)CCc2cc(-c3cncc(C4(C(N)=O)CC4)c3)ccc21. The van der Waals surface area contributed by atoms with Crippen molar-refractivity contribution in [1.29, 1.82) is 0 Å². The molecule has 1 aliphatic carbocycles. The fraction of sp³-hybridized carbons (Fsp3) is 0.316. The third-order valence-corrected chi connectivity index (χ3v) is 5.27. The summed E-state index contributed by atoms with van der Waals surface area (Å²) in [5, 5.41) is 0. The highest BCUT2D eigenvalue weighted by atomic mass is 16.2. The van der Waals surface area contributed by atoms with Crippen molar-refractivity contribution in [2.75, 3.05) is 11.9 Å². The number of nitrogens with two attached hydrogens (primary N) is 1. The third-order valence-electron chi connectivity index (χ3n) is 5.27. The van der Waals surface area contributed by atoms with E-state index in [1.54, 1.807) is 17.3 Å². The number of rotatable bonds is 3. The minimum Gasteiger partial charge on any atom is -0.369 e. The van der Waals surface area contributed by atoms with E-state index >= 15 is 0 Å². The van der Waals surface area contributed by atoms with Crippen molar-refractivity contribution in [2.45, 2.75) is 31.1 Å². The summed E-state index contributed by atoms with van der Waals surface area (Å²) in [5.41, 5.74) is 10.1. The molecule has 122 valence electrons. The predicted molar refractivity (Wildman–Crippen MR) is 91.5 cm³/mol. The van der Waals surface area contributed by atoms with Crippen LogP contribution in [-0.4, -0.2) is 23.8 Å². The number of hydrogen-bond donors (Lipinski definition) is 1. The van der Waals surface area contributed by atoms with Gasteiger partial charge in [-0.25, -0.2) is 0 Å². The molecule has 2 N–H and O–H groups in total. The summed E-state index contributed by atoms with van der Waals surface area (Å²) in [6.07, 6.45) is 6.43. The van der Waals surface area contributed by atoms with E-state index in [0.717, 1.165) is 47.2 Å². The van der Waals surface area contributed by atoms with Crippen molar-refractivity contribution < 1.29 is 9.59 Å². The minimum absolute atomic E-state index is 0.149. The molecular weight excluding hydrogens is 302 g/mol. The normalized spacial score (nSPS) is 18.2. The molecule has 0 spiro atoms. The number of carbonyl (C=O) groups is 2. The summed E-state index contributed by atoms with van der Waals surface area (Å²) in [6, 6.07) is 8.11. The van der Waals surface area contributed by atoms with Crippen LogP contribution in [0.15, 0.2) is 36.7 Å². The summed E-state index contributed by atoms with van der Waals surface area (Å²) in [5.74, 6) is -0.122. The van der Waals surface area contributed by atoms with Crippen molar-refractivity contribution in [3.63, 3.8) is 0 Å². The topological polar surface area (TPSA) is 76.3 Å². The second kappa shape index (κ2) is 5.16. The molecule has 0 radical (unpaired) electrons. The van der Waals surface area contributed by atoms with E-state index in [4.69, 9.17) is 5.73 Å². The van der Waals surface area contributed by atoms with Crippen LogP contribution < -0.4 is 10.6 Å². The number of aryl methyl sites for hydroxylation is 1. The van der Waals surface area contributed by atoms with Crippen LogP contribution in [-0.2, 0) is 21.4 Å². The van der Waals surface area contributed by atoms with Crippen molar-refractivity contribution in [3.8, 4) is 11.1 Å². The first-order valence-corrected chi connectivity index (χ1v) is 8.16. The first kappa shape index (κ1) is 14.9. The van der Waals surface area contributed by atoms with Gasteiger partial charge in [0.15, 0.2) is 0 Å². The number of nitrogens with zero attached hydrogens (tertiary/aromatic N) is 2. The molecule has 1 aromatic heterocycles. The predicted octanol–water partition coefficient (Wildman–Crippen LogP) is 2.17. The maximum atomic E-state index is 11.8. The molecule has 2 heterocycles. The quantitative estimate of drug-likeness (QED) is 0.941. The molecule has 1 aromatic carbocycles. The number of benzene rings is 1. The van der Waals surface area contributed by atoms with Gasteiger partial charge in [-0.05, 0) is 54.2 Å². The first-order chi connectivity index (χ1) is 11.5. The molecule has 4 rings (SSSR count). The number of aromatic nitrogens is 1. The van der Waals surface area contributed by atoms with Crippen molar-refractivity contribution >= 4 is 17.5 Å². The highest BCUT2D eigenvalue weighted by Crippen LogP contribution is 2.48. The van der Waals surface area contributed by atoms with Crippen molar-refractivity contribution in [2.24, 2.45) is 5.73 Å². The van der Waals surface area contributed by atoms with E-state index in [0.29, 0.717) is 6.42 Å². The van der Waals surface area contributed by atoms with E-state index in [-0.39, 0.29) is 11.8 Å². The van der Waals surface area contributed by atoms with Crippen LogP contribution in [0.5, 0.6) is 0 Å². The molecule has 1 aliphatic heterocycles. The molecular formula is C19H19N3O2. The molecule has 0 atom stereocenters. The Kier molecular flexibility index (Phi) is 3.20. The molecule has 2 aliphatic rings. The standard InChI is InChI=1S/C19H19N3O2/c1-22-16-4-2-12(8-13(16)3-5-17(22)23)14-9-15(11-21-10-14)19(6-7-19)18(20)24/h2,4,8-11H,3,5-7H2,1H3,(H2,20,24). The van der Waals surface area contributed by atoms with E-state index in [1.807, 2.05) is 25.2 Å². The number of primary amides is 1. The Morgan fingerprint density at radius 3 is 2.67 bits per heavy atom. The van der Waals surface area contributed by atoms with E-state index in [9.17, 15) is 9.59 Å². The summed E-state index contributed by atoms with van der Waals surface area (Å²) in [7, 11) is 1.81. The Bertz CT molecular complexity index is 855. The second-order valence-corrected chi connectivity index (χ2v) is 6.70. The molecule has 24 heavy (non-hydrogen) atoms. The number of hydrogen-bond acceptors (Lipinski definition) is 3. The van der Waals surface area contributed by atoms with Gasteiger partial charge < -0.3 is 10.6 Å². The first-order valence-electron chi connectivity index (χ1n) is 8.16. The fourth-order valence-corrected chi connectivity index (χ4v) is 3.50. The maximum Gasteiger partial charge on any atom is 0.228 e. The number of amides is 2. The lowest BCUT2D eigenvalue weighted by atomic mass is 9.92. The summed E-state index contributed by atoms with van der Waals surface area (Å²) in [6.45, 7) is 0. The van der Waals surface area contributed by atoms with Crippen LogP contribution in [0.3, 0.4) is 0 Å². The van der Waals surface area contributed by atoms with Crippen LogP contribution in [0.25, 0.3) is 11.1 Å². The molecule has 1 fully saturated rings. The second-order valence-electron chi connectivity index (χ2n) is 6.70. The lowest BCUT2D eigenvalue weighted by Gasteiger charge is -2.26. The van der Waals surface area contributed by atoms with Crippen LogP contribution in [0, 0.1) is 0 Å². The molecule has 1 saturated carbocycles. The van der Waals surface area contributed by atoms with Gasteiger partial charge >= 0.3 is 0 Å². The Labute approximate surface area is 140 Å². The molecule has 5 heteroatoms. The average molecular weight is 321 g/mol. The van der Waals surface area contributed by atoms with Gasteiger partial charge in [0.2, 0.25) is 11.8 Å². The highest BCUT2D eigenvalue weighted by molar-refractivity contribution is 5.96. The van der Waals surface area contributed by atoms with Gasteiger partial charge in [-0.2, -0.15) is 0 Å². The lowest BCUT2D eigenvalue weighted by molar-refractivity contribution is -0.120. The Morgan fingerprint density at radius 2 is 1.96 bits per heavy atom. The molecule has 0 bridgehead atoms. The third kappa shape index (κ3) is 2.19. The smallest absolute Gasteiger partial charge is 0.228 e. The van der Waals surface area contributed by atoms with Gasteiger partial charge in [0.25, 0.3) is 0 Å². The van der Waals surface area contributed by atoms with Gasteiger partial charge in [-0.1, -0.05) is 6.07 Å². The van der Waals surface area contributed by atoms with Gasteiger partial charge in [-0.15, -0.1) is 0 Å². The lowest BCUT2D eigenvalue weighted by Crippen LogP contribution is -2.31. The van der Waals surface area contributed by atoms with Gasteiger partial charge in [0, 0.05) is 37.1 Å². The summed E-state index contributed by atoms with van der Waals surface area (Å²) >= 11 is 0. The largest absolute Gasteiger partial charge is 0.369 e. The number of pyridine rings is 1. The Morgan fingerprint density at radius 1 is 1.17 bits per heavy atom. The van der Waals surface area contributed by atoms with E-state index < -0.39 is 5.41 Å². The molecule has 5 nitrogen and oxygen atoms in total. The Balaban J connectivity index is 1.73. The zero-order chi connectivity index (χ0) is 16.9. The van der Waals surface area contributed by atoms with Crippen LogP contribution >= 0.6 is 0 Å². The molecule has 2 amide bonds. The highest BCUT2D eigenvalue weighted by Gasteiger charge is 2.50. The van der Waals surface area contributed by atoms with E-state index in [2.05, 4.69) is 11.1 Å². The van der Waals surface area contributed by atoms with E-state index in [1.165, 1.54) is 0 Å². The maximum absolute atomic E-state index is 11.8. The molecule has 0 unspecified atom stereocenters. The monoisotopic (exact) mass is 321 g/mol. The molecule has 2 aromatic rings. The van der Waals surface area contributed by atoms with Crippen LogP contribution in [0.2, 0.25) is 0 Å². The Hall–Kier alpha value is -2.69. The number of carbonyl (C=O) groups excluding carboxylic acids is 2. The summed E-state index contributed by atoms with van der Waals surface area (Å²) in [4.78, 5) is 29.6. The summed E-state index contributed by atoms with van der Waals surface area (Å²) < 4.78 is 0. The minimum atomic E-state index is -0.524. The molecule has 0 saturated heterocycles. The van der Waals surface area contributed by atoms with Gasteiger partial charge in [-0.3, -0.25) is 14.6 Å². The fourth-order valence-electron chi connectivity index (χ4n) is 3.50. The van der Waals surface area contributed by atoms with Crippen LogP contribution in [0.1, 0.15) is 30.4 Å². The number of anilines is 1. The van der Waals surface area contributed by atoms with Crippen molar-refractivity contribution in [3.05, 3.63) is 47.8 Å². The zero-order valence-corrected chi connectivity index (χ0v) is 13.6. The van der Waals surface area contributed by atoms with Gasteiger partial charge in [0.1, 0.15) is 0 Å². The average Bonchev–Trinajstić information content (AvgIpc) is 3.40. The number of fused-ring (bicyclic) bond motifs is 1. The van der Waals surface area contributed by atoms with Crippen LogP contribution in [0.4, 0.5) is 5.69 Å². The van der Waals surface area contributed by atoms with Crippen molar-refractivity contribution in [1.82, 2.24) is 4.98 Å². The zero-order valence-electron chi connectivity index (χ0n) is 13.6. The van der Waals surface area contributed by atoms with Gasteiger partial charge in [0.05, 0.1) is 5.41 Å².